The Bertz CT molecular complexity index is 1490. The molecule has 0 saturated heterocycles. The molecule has 0 saturated carbocycles. The van der Waals surface area contributed by atoms with Crippen LogP contribution in [0.15, 0.2) is 134 Å². The van der Waals surface area contributed by atoms with Crippen LogP contribution >= 0.6 is 0 Å². The lowest BCUT2D eigenvalue weighted by molar-refractivity contribution is 0.103. The number of rotatable bonds is 6. The minimum Gasteiger partial charge on any atom is -0.300 e. The molecule has 0 bridgehead atoms. The average Bonchev–Trinajstić information content (AvgIpc) is 3.64. The first kappa shape index (κ1) is 21.5. The molecule has 5 nitrogen and oxygen atoms in total. The maximum absolute atomic E-state index is 13.2. The van der Waals surface area contributed by atoms with Crippen molar-refractivity contribution in [1.82, 2.24) is 19.1 Å². The molecule has 36 heavy (non-hydrogen) atoms. The Morgan fingerprint density at radius 1 is 0.500 bits per heavy atom. The topological polar surface area (TPSA) is 52.7 Å². The second-order valence-electron chi connectivity index (χ2n) is 8.40. The number of aromatic nitrogens is 4. The van der Waals surface area contributed by atoms with Gasteiger partial charge in [-0.25, -0.2) is 9.97 Å². The summed E-state index contributed by atoms with van der Waals surface area (Å²) in [5.41, 5.74) is 5.26. The predicted octanol–water partition coefficient (Wildman–Crippen LogP) is 6.62. The van der Waals surface area contributed by atoms with Gasteiger partial charge in [0.05, 0.1) is 0 Å². The number of ketones is 1. The van der Waals surface area contributed by atoms with Crippen LogP contribution < -0.4 is 0 Å². The zero-order valence-corrected chi connectivity index (χ0v) is 19.4. The molecule has 0 radical (unpaired) electrons. The average molecular weight is 467 g/mol. The molecular weight excluding hydrogens is 444 g/mol. The first-order chi connectivity index (χ1) is 17.8. The number of carbonyl (C=O) groups excluding carboxylic acids is 1. The number of benzene rings is 4. The van der Waals surface area contributed by atoms with Crippen LogP contribution in [0.5, 0.6) is 0 Å². The smallest absolute Gasteiger partial charge is 0.193 e. The van der Waals surface area contributed by atoms with Crippen molar-refractivity contribution in [2.45, 2.75) is 0 Å². The zero-order valence-electron chi connectivity index (χ0n) is 19.4. The van der Waals surface area contributed by atoms with Crippen LogP contribution in [0.2, 0.25) is 0 Å². The van der Waals surface area contributed by atoms with Gasteiger partial charge in [0.25, 0.3) is 0 Å². The quantitative estimate of drug-likeness (QED) is 0.259. The Balaban J connectivity index is 1.24. The summed E-state index contributed by atoms with van der Waals surface area (Å²) in [5, 5.41) is 0. The molecule has 4 aromatic carbocycles. The molecule has 2 aromatic heterocycles. The van der Waals surface area contributed by atoms with Gasteiger partial charge in [-0.2, -0.15) is 0 Å². The van der Waals surface area contributed by atoms with Gasteiger partial charge in [0.15, 0.2) is 5.78 Å². The monoisotopic (exact) mass is 466 g/mol. The van der Waals surface area contributed by atoms with Crippen molar-refractivity contribution in [3.63, 3.8) is 0 Å². The molecule has 0 spiro atoms. The second kappa shape index (κ2) is 9.31. The Kier molecular flexibility index (Phi) is 5.56. The first-order valence-corrected chi connectivity index (χ1v) is 11.7. The lowest BCUT2D eigenvalue weighted by Gasteiger charge is -2.10. The van der Waals surface area contributed by atoms with Crippen LogP contribution in [0.3, 0.4) is 0 Å². The highest BCUT2D eigenvalue weighted by molar-refractivity contribution is 6.09. The SMILES string of the molecule is O=C(c1ccc(-n2ccnc2-c2ccccc2)cc1)c1ccc(-n2ccnc2-c2ccccc2)cc1. The Hall–Kier alpha value is -5.03. The summed E-state index contributed by atoms with van der Waals surface area (Å²) in [6.07, 6.45) is 7.42. The van der Waals surface area contributed by atoms with Gasteiger partial charge < -0.3 is 0 Å². The van der Waals surface area contributed by atoms with Gasteiger partial charge in [0, 0.05) is 58.4 Å². The molecule has 0 N–H and O–H groups in total. The molecule has 0 unspecified atom stereocenters. The fourth-order valence-electron chi connectivity index (χ4n) is 4.34. The highest BCUT2D eigenvalue weighted by Gasteiger charge is 2.13. The fraction of sp³-hybridized carbons (Fsp3) is 0. The number of carbonyl (C=O) groups is 1. The summed E-state index contributed by atoms with van der Waals surface area (Å²) < 4.78 is 4.04. The Morgan fingerprint density at radius 2 is 0.889 bits per heavy atom. The summed E-state index contributed by atoms with van der Waals surface area (Å²) in [6, 6.07) is 35.4. The highest BCUT2D eigenvalue weighted by atomic mass is 16.1. The van der Waals surface area contributed by atoms with E-state index in [-0.39, 0.29) is 5.78 Å². The number of hydrogen-bond donors (Lipinski definition) is 0. The molecule has 0 aliphatic rings. The van der Waals surface area contributed by atoms with Crippen molar-refractivity contribution in [3.8, 4) is 34.2 Å². The zero-order chi connectivity index (χ0) is 24.3. The molecule has 0 fully saturated rings. The van der Waals surface area contributed by atoms with E-state index in [1.165, 1.54) is 0 Å². The van der Waals surface area contributed by atoms with Gasteiger partial charge in [0.1, 0.15) is 11.6 Å². The van der Waals surface area contributed by atoms with Gasteiger partial charge in [-0.15, -0.1) is 0 Å². The largest absolute Gasteiger partial charge is 0.300 e. The van der Waals surface area contributed by atoms with E-state index in [0.717, 1.165) is 34.2 Å². The van der Waals surface area contributed by atoms with Crippen LogP contribution in [0, 0.1) is 0 Å². The minimum absolute atomic E-state index is 0.0177. The van der Waals surface area contributed by atoms with Crippen molar-refractivity contribution in [3.05, 3.63) is 145 Å². The fourth-order valence-corrected chi connectivity index (χ4v) is 4.34. The van der Waals surface area contributed by atoms with E-state index in [9.17, 15) is 4.79 Å². The number of hydrogen-bond acceptors (Lipinski definition) is 3. The van der Waals surface area contributed by atoms with Crippen LogP contribution in [-0.4, -0.2) is 24.9 Å². The van der Waals surface area contributed by atoms with Crippen LogP contribution in [0.25, 0.3) is 34.2 Å². The van der Waals surface area contributed by atoms with Gasteiger partial charge in [-0.1, -0.05) is 60.7 Å². The van der Waals surface area contributed by atoms with E-state index in [4.69, 9.17) is 0 Å². The van der Waals surface area contributed by atoms with E-state index in [1.807, 2.05) is 131 Å². The van der Waals surface area contributed by atoms with Gasteiger partial charge >= 0.3 is 0 Å². The summed E-state index contributed by atoms with van der Waals surface area (Å²) >= 11 is 0. The van der Waals surface area contributed by atoms with Crippen molar-refractivity contribution < 1.29 is 4.79 Å². The maximum atomic E-state index is 13.2. The first-order valence-electron chi connectivity index (χ1n) is 11.7. The van der Waals surface area contributed by atoms with Gasteiger partial charge in [-0.3, -0.25) is 13.9 Å². The van der Waals surface area contributed by atoms with E-state index < -0.39 is 0 Å². The Morgan fingerprint density at radius 3 is 1.28 bits per heavy atom. The van der Waals surface area contributed by atoms with Crippen molar-refractivity contribution in [1.29, 1.82) is 0 Å². The molecule has 6 aromatic rings. The summed E-state index contributed by atoms with van der Waals surface area (Å²) in [4.78, 5) is 22.2. The molecule has 0 amide bonds. The summed E-state index contributed by atoms with van der Waals surface area (Å²) in [6.45, 7) is 0. The molecule has 6 rings (SSSR count). The lowest BCUT2D eigenvalue weighted by atomic mass is 10.0. The third-order valence-electron chi connectivity index (χ3n) is 6.16. The molecule has 0 atom stereocenters. The standard InChI is InChI=1S/C31H22N4O/c36-29(23-11-15-27(16-12-23)34-21-19-32-30(34)25-7-3-1-4-8-25)24-13-17-28(18-14-24)35-22-20-33-31(35)26-9-5-2-6-10-26/h1-22H. The predicted molar refractivity (Wildman–Crippen MR) is 141 cm³/mol. The third kappa shape index (κ3) is 4.03. The molecule has 2 heterocycles. The third-order valence-corrected chi connectivity index (χ3v) is 6.16. The minimum atomic E-state index is -0.0177. The van der Waals surface area contributed by atoms with Gasteiger partial charge in [-0.05, 0) is 48.5 Å². The summed E-state index contributed by atoms with van der Waals surface area (Å²) in [5.74, 6) is 1.70. The highest BCUT2D eigenvalue weighted by Crippen LogP contribution is 2.24. The van der Waals surface area contributed by atoms with Gasteiger partial charge in [0.2, 0.25) is 0 Å². The maximum Gasteiger partial charge on any atom is 0.193 e. The second-order valence-corrected chi connectivity index (χ2v) is 8.40. The number of nitrogens with zero attached hydrogens (tertiary/aromatic N) is 4. The number of imidazole rings is 2. The molecule has 172 valence electrons. The lowest BCUT2D eigenvalue weighted by Crippen LogP contribution is -2.03. The summed E-state index contributed by atoms with van der Waals surface area (Å²) in [7, 11) is 0. The Labute approximate surface area is 209 Å². The normalized spacial score (nSPS) is 10.9. The molecule has 0 aliphatic heterocycles. The molecular formula is C31H22N4O. The van der Waals surface area contributed by atoms with Crippen LogP contribution in [0.4, 0.5) is 0 Å². The van der Waals surface area contributed by atoms with E-state index in [0.29, 0.717) is 11.1 Å². The van der Waals surface area contributed by atoms with Crippen LogP contribution in [0.1, 0.15) is 15.9 Å². The van der Waals surface area contributed by atoms with Crippen molar-refractivity contribution in [2.75, 3.05) is 0 Å². The van der Waals surface area contributed by atoms with Crippen LogP contribution in [-0.2, 0) is 0 Å². The molecule has 5 heteroatoms. The molecule has 0 aliphatic carbocycles. The van der Waals surface area contributed by atoms with Crippen molar-refractivity contribution >= 4 is 5.78 Å². The van der Waals surface area contributed by atoms with E-state index >= 15 is 0 Å². The van der Waals surface area contributed by atoms with E-state index in [2.05, 4.69) is 9.97 Å². The van der Waals surface area contributed by atoms with E-state index in [1.54, 1.807) is 12.4 Å². The van der Waals surface area contributed by atoms with Crippen molar-refractivity contribution in [2.24, 2.45) is 0 Å².